The lowest BCUT2D eigenvalue weighted by atomic mass is 10.0. The normalized spacial score (nSPS) is 12.1. The van der Waals surface area contributed by atoms with Gasteiger partial charge in [-0.2, -0.15) is 5.26 Å². The molecule has 1 aromatic carbocycles. The SMILES string of the molecule is Cc1ccc(CCNC(C)C#N)c(C)c1. The number of hydrogen-bond acceptors (Lipinski definition) is 2. The van der Waals surface area contributed by atoms with E-state index in [4.69, 9.17) is 5.26 Å². The van der Waals surface area contributed by atoms with Crippen LogP contribution in [-0.2, 0) is 6.42 Å². The molecule has 0 spiro atoms. The van der Waals surface area contributed by atoms with E-state index in [0.29, 0.717) is 0 Å². The molecule has 15 heavy (non-hydrogen) atoms. The first-order chi connectivity index (χ1) is 7.13. The lowest BCUT2D eigenvalue weighted by Gasteiger charge is -2.09. The van der Waals surface area contributed by atoms with Crippen molar-refractivity contribution < 1.29 is 0 Å². The Kier molecular flexibility index (Phi) is 4.33. The Morgan fingerprint density at radius 3 is 2.73 bits per heavy atom. The van der Waals surface area contributed by atoms with Crippen molar-refractivity contribution in [3.8, 4) is 6.07 Å². The predicted molar refractivity (Wildman–Crippen MR) is 62.7 cm³/mol. The molecule has 2 heteroatoms. The average Bonchev–Trinajstić information content (AvgIpc) is 2.21. The van der Waals surface area contributed by atoms with Crippen molar-refractivity contribution in [2.24, 2.45) is 0 Å². The summed E-state index contributed by atoms with van der Waals surface area (Å²) in [5.41, 5.74) is 3.99. The molecule has 0 heterocycles. The van der Waals surface area contributed by atoms with Crippen LogP contribution in [-0.4, -0.2) is 12.6 Å². The van der Waals surface area contributed by atoms with Crippen LogP contribution in [0.2, 0.25) is 0 Å². The zero-order chi connectivity index (χ0) is 11.3. The third kappa shape index (κ3) is 3.73. The predicted octanol–water partition coefficient (Wildman–Crippen LogP) is 2.35. The summed E-state index contributed by atoms with van der Waals surface area (Å²) in [5.74, 6) is 0. The summed E-state index contributed by atoms with van der Waals surface area (Å²) in [5, 5.41) is 11.8. The second-order valence-corrected chi connectivity index (χ2v) is 3.98. The van der Waals surface area contributed by atoms with Crippen LogP contribution in [0.1, 0.15) is 23.6 Å². The first-order valence-electron chi connectivity index (χ1n) is 5.32. The van der Waals surface area contributed by atoms with E-state index < -0.39 is 0 Å². The number of nitrogens with one attached hydrogen (secondary N) is 1. The molecule has 0 saturated carbocycles. The van der Waals surface area contributed by atoms with E-state index in [2.05, 4.69) is 43.4 Å². The van der Waals surface area contributed by atoms with E-state index in [9.17, 15) is 0 Å². The number of rotatable bonds is 4. The molecule has 1 N–H and O–H groups in total. The molecular formula is C13H18N2. The van der Waals surface area contributed by atoms with Crippen molar-refractivity contribution in [1.82, 2.24) is 5.32 Å². The van der Waals surface area contributed by atoms with Crippen LogP contribution in [0, 0.1) is 25.2 Å². The Morgan fingerprint density at radius 1 is 1.40 bits per heavy atom. The molecule has 0 aliphatic heterocycles. The van der Waals surface area contributed by atoms with Gasteiger partial charge in [-0.25, -0.2) is 0 Å². The van der Waals surface area contributed by atoms with Crippen LogP contribution in [0.15, 0.2) is 18.2 Å². The Bertz CT molecular complexity index is 363. The highest BCUT2D eigenvalue weighted by atomic mass is 14.9. The monoisotopic (exact) mass is 202 g/mol. The number of nitriles is 1. The molecule has 0 radical (unpaired) electrons. The van der Waals surface area contributed by atoms with Gasteiger partial charge in [0, 0.05) is 6.54 Å². The molecule has 80 valence electrons. The van der Waals surface area contributed by atoms with E-state index in [-0.39, 0.29) is 6.04 Å². The van der Waals surface area contributed by atoms with E-state index in [1.165, 1.54) is 16.7 Å². The van der Waals surface area contributed by atoms with Crippen molar-refractivity contribution in [2.75, 3.05) is 6.54 Å². The van der Waals surface area contributed by atoms with Crippen molar-refractivity contribution in [1.29, 1.82) is 5.26 Å². The van der Waals surface area contributed by atoms with Crippen molar-refractivity contribution >= 4 is 0 Å². The quantitative estimate of drug-likeness (QED) is 0.813. The molecular weight excluding hydrogens is 184 g/mol. The van der Waals surface area contributed by atoms with Gasteiger partial charge in [-0.3, -0.25) is 0 Å². The minimum Gasteiger partial charge on any atom is -0.302 e. The summed E-state index contributed by atoms with van der Waals surface area (Å²) in [6.07, 6.45) is 0.984. The van der Waals surface area contributed by atoms with Gasteiger partial charge in [-0.05, 0) is 38.3 Å². The lowest BCUT2D eigenvalue weighted by molar-refractivity contribution is 0.639. The maximum atomic E-state index is 8.61. The summed E-state index contributed by atoms with van der Waals surface area (Å²) in [7, 11) is 0. The van der Waals surface area contributed by atoms with Crippen molar-refractivity contribution in [3.63, 3.8) is 0 Å². The largest absolute Gasteiger partial charge is 0.302 e. The molecule has 1 aromatic rings. The molecule has 1 unspecified atom stereocenters. The highest BCUT2D eigenvalue weighted by molar-refractivity contribution is 5.30. The van der Waals surface area contributed by atoms with E-state index in [1.807, 2.05) is 6.92 Å². The Balaban J connectivity index is 2.48. The molecule has 0 bridgehead atoms. The zero-order valence-corrected chi connectivity index (χ0v) is 9.67. The van der Waals surface area contributed by atoms with Gasteiger partial charge in [-0.1, -0.05) is 23.8 Å². The highest BCUT2D eigenvalue weighted by Crippen LogP contribution is 2.10. The molecule has 1 atom stereocenters. The Morgan fingerprint density at radius 2 is 2.13 bits per heavy atom. The molecule has 0 aliphatic rings. The highest BCUT2D eigenvalue weighted by Gasteiger charge is 2.00. The van der Waals surface area contributed by atoms with E-state index >= 15 is 0 Å². The third-order valence-corrected chi connectivity index (χ3v) is 2.54. The van der Waals surface area contributed by atoms with Gasteiger partial charge < -0.3 is 5.32 Å². The van der Waals surface area contributed by atoms with E-state index in [0.717, 1.165) is 13.0 Å². The summed E-state index contributed by atoms with van der Waals surface area (Å²) in [6.45, 7) is 6.98. The fourth-order valence-electron chi connectivity index (χ4n) is 1.60. The summed E-state index contributed by atoms with van der Waals surface area (Å²) >= 11 is 0. The minimum atomic E-state index is -0.0595. The van der Waals surface area contributed by atoms with Crippen LogP contribution in [0.5, 0.6) is 0 Å². The molecule has 1 rings (SSSR count). The Hall–Kier alpha value is -1.33. The van der Waals surface area contributed by atoms with Crippen LogP contribution in [0.25, 0.3) is 0 Å². The van der Waals surface area contributed by atoms with Crippen LogP contribution in [0.4, 0.5) is 0 Å². The standard InChI is InChI=1S/C13H18N2/c1-10-4-5-13(11(2)8-10)6-7-15-12(3)9-14/h4-5,8,12,15H,6-7H2,1-3H3. The second kappa shape index (κ2) is 5.53. The molecule has 2 nitrogen and oxygen atoms in total. The average molecular weight is 202 g/mol. The maximum Gasteiger partial charge on any atom is 0.0924 e. The minimum absolute atomic E-state index is 0.0595. The summed E-state index contributed by atoms with van der Waals surface area (Å²) < 4.78 is 0. The number of aryl methyl sites for hydroxylation is 2. The summed E-state index contributed by atoms with van der Waals surface area (Å²) in [4.78, 5) is 0. The molecule has 0 saturated heterocycles. The van der Waals surface area contributed by atoms with Gasteiger partial charge in [0.05, 0.1) is 12.1 Å². The number of benzene rings is 1. The van der Waals surface area contributed by atoms with Gasteiger partial charge in [0.25, 0.3) is 0 Å². The maximum absolute atomic E-state index is 8.61. The van der Waals surface area contributed by atoms with Crippen LogP contribution >= 0.6 is 0 Å². The molecule has 0 aromatic heterocycles. The van der Waals surface area contributed by atoms with Gasteiger partial charge in [0.2, 0.25) is 0 Å². The van der Waals surface area contributed by atoms with Gasteiger partial charge in [0.15, 0.2) is 0 Å². The molecule has 0 aliphatic carbocycles. The number of nitrogens with zero attached hydrogens (tertiary/aromatic N) is 1. The Labute approximate surface area is 91.9 Å². The smallest absolute Gasteiger partial charge is 0.0924 e. The second-order valence-electron chi connectivity index (χ2n) is 3.98. The van der Waals surface area contributed by atoms with E-state index in [1.54, 1.807) is 0 Å². The first kappa shape index (κ1) is 11.7. The summed E-state index contributed by atoms with van der Waals surface area (Å²) in [6, 6.07) is 8.61. The molecule has 0 amide bonds. The van der Waals surface area contributed by atoms with Gasteiger partial charge in [0.1, 0.15) is 0 Å². The lowest BCUT2D eigenvalue weighted by Crippen LogP contribution is -2.26. The van der Waals surface area contributed by atoms with Crippen molar-refractivity contribution in [3.05, 3.63) is 34.9 Å². The van der Waals surface area contributed by atoms with Crippen LogP contribution in [0.3, 0.4) is 0 Å². The number of hydrogen-bond donors (Lipinski definition) is 1. The first-order valence-corrected chi connectivity index (χ1v) is 5.32. The topological polar surface area (TPSA) is 35.8 Å². The zero-order valence-electron chi connectivity index (χ0n) is 9.67. The molecule has 0 fully saturated rings. The van der Waals surface area contributed by atoms with Gasteiger partial charge in [-0.15, -0.1) is 0 Å². The van der Waals surface area contributed by atoms with Gasteiger partial charge >= 0.3 is 0 Å². The fraction of sp³-hybridized carbons (Fsp3) is 0.462. The third-order valence-electron chi connectivity index (χ3n) is 2.54. The van der Waals surface area contributed by atoms with Crippen LogP contribution < -0.4 is 5.32 Å². The van der Waals surface area contributed by atoms with Crippen molar-refractivity contribution in [2.45, 2.75) is 33.2 Å². The fourth-order valence-corrected chi connectivity index (χ4v) is 1.60.